The molecule has 2 unspecified atom stereocenters. The van der Waals surface area contributed by atoms with Gasteiger partial charge < -0.3 is 10.1 Å². The van der Waals surface area contributed by atoms with Gasteiger partial charge in [0.1, 0.15) is 0 Å². The quantitative estimate of drug-likeness (QED) is 0.578. The Labute approximate surface area is 102 Å². The Morgan fingerprint density at radius 1 is 1.06 bits per heavy atom. The average Bonchev–Trinajstić information content (AvgIpc) is 2.25. The van der Waals surface area contributed by atoms with E-state index < -0.39 is 0 Å². The van der Waals surface area contributed by atoms with Crippen LogP contribution in [-0.4, -0.2) is 25.8 Å². The monoisotopic (exact) mass is 229 g/mol. The molecule has 0 radical (unpaired) electrons. The average molecular weight is 229 g/mol. The van der Waals surface area contributed by atoms with E-state index in [2.05, 4.69) is 33.0 Å². The third-order valence-electron chi connectivity index (χ3n) is 3.10. The van der Waals surface area contributed by atoms with Crippen molar-refractivity contribution < 1.29 is 4.74 Å². The smallest absolute Gasteiger partial charge is 0.0747 e. The maximum absolute atomic E-state index is 5.64. The lowest BCUT2D eigenvalue weighted by atomic mass is 9.95. The van der Waals surface area contributed by atoms with Crippen molar-refractivity contribution in [2.45, 2.75) is 71.9 Å². The predicted molar refractivity (Wildman–Crippen MR) is 71.9 cm³/mol. The molecule has 0 bridgehead atoms. The summed E-state index contributed by atoms with van der Waals surface area (Å²) in [5.41, 5.74) is 0. The Morgan fingerprint density at radius 2 is 1.75 bits per heavy atom. The van der Waals surface area contributed by atoms with Crippen molar-refractivity contribution in [3.05, 3.63) is 0 Å². The molecule has 16 heavy (non-hydrogen) atoms. The summed E-state index contributed by atoms with van der Waals surface area (Å²) in [5, 5.41) is 3.64. The van der Waals surface area contributed by atoms with E-state index in [1.807, 2.05) is 7.11 Å². The fourth-order valence-corrected chi connectivity index (χ4v) is 2.23. The maximum Gasteiger partial charge on any atom is 0.0747 e. The molecule has 0 aliphatic heterocycles. The van der Waals surface area contributed by atoms with Gasteiger partial charge in [-0.2, -0.15) is 0 Å². The molecule has 2 heteroatoms. The van der Waals surface area contributed by atoms with Gasteiger partial charge in [0.2, 0.25) is 0 Å². The molecule has 0 rings (SSSR count). The third-order valence-corrected chi connectivity index (χ3v) is 3.10. The van der Waals surface area contributed by atoms with Crippen molar-refractivity contribution in [1.29, 1.82) is 0 Å². The number of methoxy groups -OCH3 is 1. The molecular weight excluding hydrogens is 198 g/mol. The molecule has 1 N–H and O–H groups in total. The van der Waals surface area contributed by atoms with Gasteiger partial charge in [-0.25, -0.2) is 0 Å². The molecule has 0 saturated carbocycles. The second-order valence-electron chi connectivity index (χ2n) is 5.00. The van der Waals surface area contributed by atoms with E-state index in [-0.39, 0.29) is 0 Å². The minimum Gasteiger partial charge on any atom is -0.380 e. The Balaban J connectivity index is 4.14. The topological polar surface area (TPSA) is 21.3 Å². The van der Waals surface area contributed by atoms with E-state index in [1.165, 1.54) is 32.1 Å². The summed E-state index contributed by atoms with van der Waals surface area (Å²) in [4.78, 5) is 0. The number of nitrogens with one attached hydrogen (secondary N) is 1. The molecule has 0 saturated heterocycles. The molecule has 0 aromatic carbocycles. The molecule has 2 nitrogen and oxygen atoms in total. The van der Waals surface area contributed by atoms with Gasteiger partial charge in [0.25, 0.3) is 0 Å². The van der Waals surface area contributed by atoms with Gasteiger partial charge in [0.15, 0.2) is 0 Å². The Kier molecular flexibility index (Phi) is 10.0. The molecule has 0 amide bonds. The van der Waals surface area contributed by atoms with Gasteiger partial charge in [0.05, 0.1) is 6.10 Å². The highest BCUT2D eigenvalue weighted by atomic mass is 16.5. The largest absolute Gasteiger partial charge is 0.380 e. The summed E-state index contributed by atoms with van der Waals surface area (Å²) in [6.45, 7) is 10.1. The summed E-state index contributed by atoms with van der Waals surface area (Å²) in [7, 11) is 1.84. The highest BCUT2D eigenvalue weighted by Crippen LogP contribution is 2.16. The number of rotatable bonds is 10. The fourth-order valence-electron chi connectivity index (χ4n) is 2.23. The predicted octanol–water partition coefficient (Wildman–Crippen LogP) is 3.61. The first-order valence-electron chi connectivity index (χ1n) is 6.93. The van der Waals surface area contributed by atoms with Crippen LogP contribution in [0.25, 0.3) is 0 Å². The lowest BCUT2D eigenvalue weighted by molar-refractivity contribution is 0.0300. The molecule has 0 aromatic rings. The van der Waals surface area contributed by atoms with Crippen LogP contribution in [0, 0.1) is 5.92 Å². The van der Waals surface area contributed by atoms with Crippen LogP contribution in [0.2, 0.25) is 0 Å². The van der Waals surface area contributed by atoms with Gasteiger partial charge in [-0.3, -0.25) is 0 Å². The second-order valence-corrected chi connectivity index (χ2v) is 5.00. The number of unbranched alkanes of at least 4 members (excludes halogenated alkanes) is 2. The molecule has 0 heterocycles. The Morgan fingerprint density at radius 3 is 2.19 bits per heavy atom. The third kappa shape index (κ3) is 6.49. The summed E-state index contributed by atoms with van der Waals surface area (Å²) in [5.74, 6) is 0.584. The molecule has 0 aliphatic rings. The van der Waals surface area contributed by atoms with E-state index in [0.717, 1.165) is 6.54 Å². The molecular formula is C14H31NO. The molecule has 0 aliphatic carbocycles. The Bertz CT molecular complexity index is 148. The molecule has 0 aromatic heterocycles. The van der Waals surface area contributed by atoms with Crippen molar-refractivity contribution >= 4 is 0 Å². The second kappa shape index (κ2) is 10.1. The normalized spacial score (nSPS) is 15.4. The lowest BCUT2D eigenvalue weighted by Crippen LogP contribution is -2.44. The summed E-state index contributed by atoms with van der Waals surface area (Å²) in [6, 6.07) is 0.525. The zero-order chi connectivity index (χ0) is 12.4. The van der Waals surface area contributed by atoms with E-state index in [0.29, 0.717) is 18.1 Å². The van der Waals surface area contributed by atoms with E-state index in [9.17, 15) is 0 Å². The summed E-state index contributed by atoms with van der Waals surface area (Å²) in [6.07, 6.45) is 6.72. The first kappa shape index (κ1) is 15.9. The minimum absolute atomic E-state index is 0.350. The highest BCUT2D eigenvalue weighted by Gasteiger charge is 2.22. The van der Waals surface area contributed by atoms with Crippen LogP contribution in [0.3, 0.4) is 0 Å². The molecule has 0 spiro atoms. The first-order chi connectivity index (χ1) is 7.67. The molecule has 98 valence electrons. The summed E-state index contributed by atoms with van der Waals surface area (Å²) >= 11 is 0. The van der Waals surface area contributed by atoms with Crippen LogP contribution in [0.5, 0.6) is 0 Å². The zero-order valence-corrected chi connectivity index (χ0v) is 11.9. The zero-order valence-electron chi connectivity index (χ0n) is 11.9. The highest BCUT2D eigenvalue weighted by molar-refractivity contribution is 4.79. The van der Waals surface area contributed by atoms with Gasteiger partial charge in [0, 0.05) is 13.2 Å². The fraction of sp³-hybridized carbons (Fsp3) is 1.00. The van der Waals surface area contributed by atoms with E-state index >= 15 is 0 Å². The van der Waals surface area contributed by atoms with E-state index in [1.54, 1.807) is 0 Å². The molecule has 0 fully saturated rings. The number of hydrogen-bond acceptors (Lipinski definition) is 2. The van der Waals surface area contributed by atoms with Crippen molar-refractivity contribution in [3.8, 4) is 0 Å². The SMILES string of the molecule is CCCCCC(NCCC)C(OC)C(C)C. The standard InChI is InChI=1S/C14H31NO/c1-6-8-9-10-13(15-11-7-2)14(16-5)12(3)4/h12-15H,6-11H2,1-5H3. The van der Waals surface area contributed by atoms with Gasteiger partial charge in [-0.1, -0.05) is 47.0 Å². The van der Waals surface area contributed by atoms with Gasteiger partial charge >= 0.3 is 0 Å². The van der Waals surface area contributed by atoms with Crippen LogP contribution in [-0.2, 0) is 4.74 Å². The van der Waals surface area contributed by atoms with Crippen LogP contribution >= 0.6 is 0 Å². The van der Waals surface area contributed by atoms with Gasteiger partial charge in [-0.05, 0) is 25.3 Å². The van der Waals surface area contributed by atoms with Crippen molar-refractivity contribution in [2.75, 3.05) is 13.7 Å². The lowest BCUT2D eigenvalue weighted by Gasteiger charge is -2.30. The van der Waals surface area contributed by atoms with Crippen molar-refractivity contribution in [1.82, 2.24) is 5.32 Å². The minimum atomic E-state index is 0.350. The maximum atomic E-state index is 5.64. The first-order valence-corrected chi connectivity index (χ1v) is 6.93. The number of ether oxygens (including phenoxy) is 1. The van der Waals surface area contributed by atoms with Crippen molar-refractivity contribution in [3.63, 3.8) is 0 Å². The number of hydrogen-bond donors (Lipinski definition) is 1. The van der Waals surface area contributed by atoms with Crippen LogP contribution < -0.4 is 5.32 Å². The summed E-state index contributed by atoms with van der Waals surface area (Å²) < 4.78 is 5.64. The van der Waals surface area contributed by atoms with Crippen LogP contribution in [0.4, 0.5) is 0 Å². The van der Waals surface area contributed by atoms with Crippen LogP contribution in [0.1, 0.15) is 59.8 Å². The van der Waals surface area contributed by atoms with Crippen LogP contribution in [0.15, 0.2) is 0 Å². The molecule has 2 atom stereocenters. The van der Waals surface area contributed by atoms with E-state index in [4.69, 9.17) is 4.74 Å². The van der Waals surface area contributed by atoms with Gasteiger partial charge in [-0.15, -0.1) is 0 Å². The Hall–Kier alpha value is -0.0800. The van der Waals surface area contributed by atoms with Crippen molar-refractivity contribution in [2.24, 2.45) is 5.92 Å².